The lowest BCUT2D eigenvalue weighted by Crippen LogP contribution is -2.41. The molecule has 2 aromatic rings. The Kier molecular flexibility index (Phi) is 8.21. The molecule has 0 radical (unpaired) electrons. The lowest BCUT2D eigenvalue weighted by Gasteiger charge is -2.22. The summed E-state index contributed by atoms with van der Waals surface area (Å²) in [6.07, 6.45) is 0. The molecule has 0 fully saturated rings. The molecule has 156 valence electrons. The summed E-state index contributed by atoms with van der Waals surface area (Å²) in [5.74, 6) is 0.304. The molecule has 0 aliphatic carbocycles. The lowest BCUT2D eigenvalue weighted by molar-refractivity contribution is -0.123. The van der Waals surface area contributed by atoms with E-state index in [0.717, 1.165) is 5.56 Å². The van der Waals surface area contributed by atoms with E-state index in [-0.39, 0.29) is 30.9 Å². The van der Waals surface area contributed by atoms with E-state index >= 15 is 0 Å². The first kappa shape index (κ1) is 22.4. The van der Waals surface area contributed by atoms with Crippen molar-refractivity contribution in [2.24, 2.45) is 0 Å². The number of carbonyl (C=O) groups excluding carboxylic acids is 2. The van der Waals surface area contributed by atoms with Crippen molar-refractivity contribution in [1.82, 2.24) is 10.2 Å². The Labute approximate surface area is 173 Å². The Morgan fingerprint density at radius 2 is 1.72 bits per heavy atom. The van der Waals surface area contributed by atoms with Crippen LogP contribution in [0, 0.1) is 13.8 Å². The van der Waals surface area contributed by atoms with E-state index in [0.29, 0.717) is 18.0 Å². The Balaban J connectivity index is 1.90. The molecular weight excluding hydrogens is 366 g/mol. The fourth-order valence-electron chi connectivity index (χ4n) is 3.03. The van der Waals surface area contributed by atoms with E-state index < -0.39 is 0 Å². The monoisotopic (exact) mass is 397 g/mol. The normalized spacial score (nSPS) is 11.8. The molecular formula is C23H31N3O3. The summed E-state index contributed by atoms with van der Waals surface area (Å²) in [6.45, 7) is 8.89. The van der Waals surface area contributed by atoms with Crippen LogP contribution in [0.3, 0.4) is 0 Å². The number of aryl methyl sites for hydroxylation is 2. The molecule has 2 amide bonds. The van der Waals surface area contributed by atoms with Crippen LogP contribution in [0.4, 0.5) is 5.69 Å². The molecule has 0 saturated heterocycles. The van der Waals surface area contributed by atoms with Crippen molar-refractivity contribution in [3.05, 3.63) is 59.2 Å². The third-order valence-electron chi connectivity index (χ3n) is 4.97. The zero-order valence-electron chi connectivity index (χ0n) is 17.9. The molecule has 0 spiro atoms. The van der Waals surface area contributed by atoms with E-state index in [1.807, 2.05) is 32.0 Å². The van der Waals surface area contributed by atoms with Crippen molar-refractivity contribution < 1.29 is 14.3 Å². The fourth-order valence-corrected chi connectivity index (χ4v) is 3.03. The molecule has 0 heterocycles. The van der Waals surface area contributed by atoms with E-state index in [9.17, 15) is 9.59 Å². The molecule has 2 aromatic carbocycles. The molecule has 2 N–H and O–H groups in total. The van der Waals surface area contributed by atoms with Gasteiger partial charge in [-0.1, -0.05) is 37.3 Å². The van der Waals surface area contributed by atoms with Gasteiger partial charge in [-0.3, -0.25) is 14.5 Å². The van der Waals surface area contributed by atoms with Crippen LogP contribution in [-0.2, 0) is 9.59 Å². The van der Waals surface area contributed by atoms with Crippen LogP contribution >= 0.6 is 0 Å². The van der Waals surface area contributed by atoms with E-state index in [2.05, 4.69) is 36.6 Å². The number of methoxy groups -OCH3 is 1. The van der Waals surface area contributed by atoms with Gasteiger partial charge in [0.1, 0.15) is 5.75 Å². The zero-order chi connectivity index (χ0) is 21.4. The van der Waals surface area contributed by atoms with Gasteiger partial charge >= 0.3 is 0 Å². The van der Waals surface area contributed by atoms with Crippen LogP contribution in [0.1, 0.15) is 36.6 Å². The van der Waals surface area contributed by atoms with Crippen molar-refractivity contribution >= 4 is 17.5 Å². The fraction of sp³-hybridized carbons (Fsp3) is 0.391. The van der Waals surface area contributed by atoms with Crippen molar-refractivity contribution in [3.63, 3.8) is 0 Å². The number of nitrogens with one attached hydrogen (secondary N) is 2. The highest BCUT2D eigenvalue weighted by atomic mass is 16.5. The molecule has 0 aromatic heterocycles. The van der Waals surface area contributed by atoms with Gasteiger partial charge < -0.3 is 15.4 Å². The minimum atomic E-state index is -0.189. The Morgan fingerprint density at radius 1 is 1.03 bits per heavy atom. The maximum Gasteiger partial charge on any atom is 0.238 e. The number of ether oxygens (including phenoxy) is 1. The summed E-state index contributed by atoms with van der Waals surface area (Å²) in [7, 11) is 1.56. The Hall–Kier alpha value is -2.86. The van der Waals surface area contributed by atoms with Crippen LogP contribution in [0.5, 0.6) is 5.75 Å². The molecule has 0 aliphatic heterocycles. The summed E-state index contributed by atoms with van der Waals surface area (Å²) >= 11 is 0. The highest BCUT2D eigenvalue weighted by molar-refractivity contribution is 5.94. The summed E-state index contributed by atoms with van der Waals surface area (Å²) < 4.78 is 5.25. The highest BCUT2D eigenvalue weighted by Gasteiger charge is 2.16. The quantitative estimate of drug-likeness (QED) is 0.680. The Morgan fingerprint density at radius 3 is 2.38 bits per heavy atom. The van der Waals surface area contributed by atoms with Gasteiger partial charge in [0.25, 0.3) is 0 Å². The molecule has 1 unspecified atom stereocenters. The number of para-hydroxylation sites is 2. The SMILES string of the molecule is CCN(CC(=O)Nc1ccccc1OC)CC(=O)NC(C)c1ccc(C)c(C)c1. The summed E-state index contributed by atoms with van der Waals surface area (Å²) in [4.78, 5) is 26.7. The number of likely N-dealkylation sites (N-methyl/N-ethyl adjacent to an activating group) is 1. The van der Waals surface area contributed by atoms with Crippen LogP contribution in [0.2, 0.25) is 0 Å². The van der Waals surface area contributed by atoms with Gasteiger partial charge in [0, 0.05) is 0 Å². The van der Waals surface area contributed by atoms with Gasteiger partial charge in [0.05, 0.1) is 31.9 Å². The van der Waals surface area contributed by atoms with E-state index in [4.69, 9.17) is 4.74 Å². The Bertz CT molecular complexity index is 851. The van der Waals surface area contributed by atoms with Crippen molar-refractivity contribution in [2.75, 3.05) is 32.1 Å². The van der Waals surface area contributed by atoms with Gasteiger partial charge in [-0.2, -0.15) is 0 Å². The van der Waals surface area contributed by atoms with Crippen LogP contribution in [0.25, 0.3) is 0 Å². The number of hydrogen-bond acceptors (Lipinski definition) is 4. The molecule has 1 atom stereocenters. The molecule has 6 nitrogen and oxygen atoms in total. The average Bonchev–Trinajstić information content (AvgIpc) is 2.69. The molecule has 2 rings (SSSR count). The van der Waals surface area contributed by atoms with Crippen LogP contribution in [-0.4, -0.2) is 43.5 Å². The van der Waals surface area contributed by atoms with Gasteiger partial charge in [0.2, 0.25) is 11.8 Å². The predicted octanol–water partition coefficient (Wildman–Crippen LogP) is 3.45. The summed E-state index contributed by atoms with van der Waals surface area (Å²) in [5, 5.41) is 5.86. The summed E-state index contributed by atoms with van der Waals surface area (Å²) in [5.41, 5.74) is 4.11. The number of hydrogen-bond donors (Lipinski definition) is 2. The second-order valence-electron chi connectivity index (χ2n) is 7.18. The standard InChI is InChI=1S/C23H31N3O3/c1-6-26(15-23(28)25-20-9-7-8-10-21(20)29-5)14-22(27)24-18(4)19-12-11-16(2)17(3)13-19/h7-13,18H,6,14-15H2,1-5H3,(H,24,27)(H,25,28). The second-order valence-corrected chi connectivity index (χ2v) is 7.18. The van der Waals surface area contributed by atoms with Crippen LogP contribution < -0.4 is 15.4 Å². The number of rotatable bonds is 9. The predicted molar refractivity (Wildman–Crippen MR) is 116 cm³/mol. The molecule has 0 bridgehead atoms. The number of benzene rings is 2. The third kappa shape index (κ3) is 6.61. The average molecular weight is 398 g/mol. The van der Waals surface area contributed by atoms with Crippen molar-refractivity contribution in [2.45, 2.75) is 33.7 Å². The molecule has 0 saturated carbocycles. The highest BCUT2D eigenvalue weighted by Crippen LogP contribution is 2.22. The van der Waals surface area contributed by atoms with E-state index in [1.165, 1.54) is 11.1 Å². The van der Waals surface area contributed by atoms with Gasteiger partial charge in [-0.25, -0.2) is 0 Å². The number of nitrogens with zero attached hydrogens (tertiary/aromatic N) is 1. The summed E-state index contributed by atoms with van der Waals surface area (Å²) in [6, 6.07) is 13.3. The topological polar surface area (TPSA) is 70.7 Å². The first-order valence-electron chi connectivity index (χ1n) is 9.85. The molecule has 6 heteroatoms. The largest absolute Gasteiger partial charge is 0.495 e. The smallest absolute Gasteiger partial charge is 0.238 e. The first-order valence-corrected chi connectivity index (χ1v) is 9.85. The first-order chi connectivity index (χ1) is 13.8. The van der Waals surface area contributed by atoms with Crippen molar-refractivity contribution in [1.29, 1.82) is 0 Å². The molecule has 0 aliphatic rings. The van der Waals surface area contributed by atoms with Gasteiger partial charge in [0.15, 0.2) is 0 Å². The minimum Gasteiger partial charge on any atom is -0.495 e. The maximum absolute atomic E-state index is 12.5. The number of carbonyl (C=O) groups is 2. The number of anilines is 1. The maximum atomic E-state index is 12.5. The number of amides is 2. The van der Waals surface area contributed by atoms with Crippen molar-refractivity contribution in [3.8, 4) is 5.75 Å². The zero-order valence-corrected chi connectivity index (χ0v) is 17.9. The van der Waals surface area contributed by atoms with Crippen LogP contribution in [0.15, 0.2) is 42.5 Å². The van der Waals surface area contributed by atoms with Gasteiger partial charge in [-0.05, 0) is 56.1 Å². The molecule has 29 heavy (non-hydrogen) atoms. The lowest BCUT2D eigenvalue weighted by atomic mass is 10.0. The van der Waals surface area contributed by atoms with E-state index in [1.54, 1.807) is 24.1 Å². The van der Waals surface area contributed by atoms with Gasteiger partial charge in [-0.15, -0.1) is 0 Å². The minimum absolute atomic E-state index is 0.0945. The third-order valence-corrected chi connectivity index (χ3v) is 4.97. The second kappa shape index (κ2) is 10.6.